The van der Waals surface area contributed by atoms with E-state index in [0.717, 1.165) is 22.2 Å². The Balaban J connectivity index is 1.72. The van der Waals surface area contributed by atoms with Crippen LogP contribution in [0, 0.1) is 10.1 Å². The zero-order valence-electron chi connectivity index (χ0n) is 17.0. The van der Waals surface area contributed by atoms with Gasteiger partial charge in [0.25, 0.3) is 5.69 Å². The highest BCUT2D eigenvalue weighted by Gasteiger charge is 2.30. The number of hydrogen-bond donors (Lipinski definition) is 1. The number of sulfonamides is 1. The summed E-state index contributed by atoms with van der Waals surface area (Å²) >= 11 is 2.64. The molecule has 0 aliphatic rings. The summed E-state index contributed by atoms with van der Waals surface area (Å²) in [6.07, 6.45) is 0.929. The van der Waals surface area contributed by atoms with Gasteiger partial charge in [-0.05, 0) is 18.6 Å². The maximum atomic E-state index is 12.8. The van der Waals surface area contributed by atoms with E-state index in [4.69, 9.17) is 0 Å². The number of nitro groups is 1. The molecule has 32 heavy (non-hydrogen) atoms. The van der Waals surface area contributed by atoms with E-state index in [1.807, 2.05) is 30.3 Å². The summed E-state index contributed by atoms with van der Waals surface area (Å²) in [5.74, 6) is 0.0479. The Morgan fingerprint density at radius 2 is 1.94 bits per heavy atom. The monoisotopic (exact) mass is 493 g/mol. The molecule has 0 aliphatic carbocycles. The van der Waals surface area contributed by atoms with E-state index in [0.29, 0.717) is 10.1 Å². The number of rotatable bonds is 9. The minimum absolute atomic E-state index is 0.0146. The fourth-order valence-electron chi connectivity index (χ4n) is 2.80. The molecule has 0 saturated carbocycles. The zero-order valence-corrected chi connectivity index (χ0v) is 19.5. The molecule has 0 bridgehead atoms. The number of hydrogen-bond acceptors (Lipinski definition) is 9. The van der Waals surface area contributed by atoms with E-state index in [1.165, 1.54) is 48.2 Å². The van der Waals surface area contributed by atoms with E-state index < -0.39 is 26.9 Å². The van der Waals surface area contributed by atoms with Gasteiger partial charge in [-0.25, -0.2) is 8.42 Å². The lowest BCUT2D eigenvalue weighted by Crippen LogP contribution is -2.45. The predicted molar refractivity (Wildman–Crippen MR) is 124 cm³/mol. The minimum Gasteiger partial charge on any atom is -0.299 e. The molecule has 13 heteroatoms. The second kappa shape index (κ2) is 10.1. The van der Waals surface area contributed by atoms with Gasteiger partial charge in [-0.1, -0.05) is 59.5 Å². The summed E-state index contributed by atoms with van der Waals surface area (Å²) < 4.78 is 26.2. The van der Waals surface area contributed by atoms with E-state index in [-0.39, 0.29) is 16.5 Å². The van der Waals surface area contributed by atoms with Crippen LogP contribution in [0.3, 0.4) is 0 Å². The number of nitrogens with one attached hydrogen (secondary N) is 1. The zero-order chi connectivity index (χ0) is 23.3. The highest BCUT2D eigenvalue weighted by molar-refractivity contribution is 8.00. The molecule has 1 aromatic heterocycles. The van der Waals surface area contributed by atoms with Crippen molar-refractivity contribution < 1.29 is 18.1 Å². The first-order valence-electron chi connectivity index (χ1n) is 9.20. The molecule has 0 aliphatic heterocycles. The highest BCUT2D eigenvalue weighted by atomic mass is 32.2. The van der Waals surface area contributed by atoms with Crippen molar-refractivity contribution in [2.24, 2.45) is 0 Å². The van der Waals surface area contributed by atoms with E-state index >= 15 is 0 Å². The molecule has 168 valence electrons. The van der Waals surface area contributed by atoms with Crippen molar-refractivity contribution in [1.29, 1.82) is 0 Å². The molecule has 2 aromatic carbocycles. The van der Waals surface area contributed by atoms with E-state index in [9.17, 15) is 23.3 Å². The molecule has 1 N–H and O–H groups in total. The fourth-order valence-corrected chi connectivity index (χ4v) is 5.68. The molecule has 0 radical (unpaired) electrons. The summed E-state index contributed by atoms with van der Waals surface area (Å²) in [7, 11) is -3.92. The Morgan fingerprint density at radius 3 is 2.59 bits per heavy atom. The van der Waals surface area contributed by atoms with Crippen LogP contribution in [-0.4, -0.2) is 41.7 Å². The van der Waals surface area contributed by atoms with E-state index in [1.54, 1.807) is 0 Å². The minimum atomic E-state index is -3.92. The van der Waals surface area contributed by atoms with Gasteiger partial charge in [-0.3, -0.25) is 24.5 Å². The lowest BCUT2D eigenvalue weighted by Gasteiger charge is -2.27. The maximum Gasteiger partial charge on any atom is 0.271 e. The molecule has 0 fully saturated rings. The van der Waals surface area contributed by atoms with Crippen LogP contribution >= 0.6 is 23.1 Å². The molecule has 3 aromatic rings. The van der Waals surface area contributed by atoms with Crippen LogP contribution in [0.4, 0.5) is 16.5 Å². The highest BCUT2D eigenvalue weighted by Crippen LogP contribution is 2.29. The summed E-state index contributed by atoms with van der Waals surface area (Å²) in [6, 6.07) is 13.7. The second-order valence-electron chi connectivity index (χ2n) is 6.65. The lowest BCUT2D eigenvalue weighted by atomic mass is 10.2. The predicted octanol–water partition coefficient (Wildman–Crippen LogP) is 3.53. The van der Waals surface area contributed by atoms with Crippen LogP contribution < -0.4 is 9.62 Å². The Morgan fingerprint density at radius 1 is 1.22 bits per heavy atom. The first-order chi connectivity index (χ1) is 15.1. The standard InChI is InChI=1S/C19H19N5O5S3/c1-13(23(32(2,28)29)15-9-6-10-16(11-15)24(26)27)17(25)20-18-21-22-19(31-18)30-12-14-7-4-3-5-8-14/h3-11,13H,12H2,1-2H3,(H,20,21,25)/t13-/m1/s1. The number of anilines is 2. The molecular formula is C19H19N5O5S3. The topological polar surface area (TPSA) is 135 Å². The van der Waals surface area contributed by atoms with Crippen LogP contribution in [0.25, 0.3) is 0 Å². The van der Waals surface area contributed by atoms with E-state index in [2.05, 4.69) is 15.5 Å². The Hall–Kier alpha value is -3.03. The molecule has 0 unspecified atom stereocenters. The average molecular weight is 494 g/mol. The van der Waals surface area contributed by atoms with Crippen molar-refractivity contribution >= 4 is 55.5 Å². The molecule has 0 saturated heterocycles. The van der Waals surface area contributed by atoms with Crippen LogP contribution in [-0.2, 0) is 20.6 Å². The van der Waals surface area contributed by atoms with Crippen molar-refractivity contribution in [3.8, 4) is 0 Å². The first kappa shape index (κ1) is 23.6. The van der Waals surface area contributed by atoms with Gasteiger partial charge >= 0.3 is 0 Å². The molecule has 0 spiro atoms. The number of carbonyl (C=O) groups is 1. The number of aromatic nitrogens is 2. The summed E-state index contributed by atoms with van der Waals surface area (Å²) in [5.41, 5.74) is 0.848. The van der Waals surface area contributed by atoms with Crippen molar-refractivity contribution in [2.75, 3.05) is 15.9 Å². The number of non-ortho nitro benzene ring substituents is 1. The molecule has 1 amide bonds. The Bertz CT molecular complexity index is 1220. The van der Waals surface area contributed by atoms with Crippen molar-refractivity contribution in [1.82, 2.24) is 10.2 Å². The summed E-state index contributed by atoms with van der Waals surface area (Å²) in [6.45, 7) is 1.39. The quantitative estimate of drug-likeness (QED) is 0.207. The van der Waals surface area contributed by atoms with Crippen LogP contribution in [0.15, 0.2) is 58.9 Å². The molecule has 10 nitrogen and oxygen atoms in total. The van der Waals surface area contributed by atoms with Gasteiger partial charge in [0.1, 0.15) is 6.04 Å². The van der Waals surface area contributed by atoms with Crippen molar-refractivity contribution in [3.63, 3.8) is 0 Å². The number of thioether (sulfide) groups is 1. The van der Waals surface area contributed by atoms with Crippen LogP contribution in [0.2, 0.25) is 0 Å². The molecule has 3 rings (SSSR count). The maximum absolute atomic E-state index is 12.8. The van der Waals surface area contributed by atoms with Crippen LogP contribution in [0.5, 0.6) is 0 Å². The van der Waals surface area contributed by atoms with Crippen molar-refractivity contribution in [3.05, 3.63) is 70.3 Å². The van der Waals surface area contributed by atoms with Gasteiger partial charge in [0.15, 0.2) is 4.34 Å². The summed E-state index contributed by atoms with van der Waals surface area (Å²) in [5, 5.41) is 21.8. The molecule has 1 atom stereocenters. The van der Waals surface area contributed by atoms with Gasteiger partial charge in [0, 0.05) is 17.9 Å². The number of nitro benzene ring substituents is 1. The Labute approximate surface area is 192 Å². The third-order valence-electron chi connectivity index (χ3n) is 4.23. The van der Waals surface area contributed by atoms with Gasteiger partial charge < -0.3 is 0 Å². The third-order valence-corrected chi connectivity index (χ3v) is 7.51. The van der Waals surface area contributed by atoms with Gasteiger partial charge in [-0.2, -0.15) is 0 Å². The second-order valence-corrected chi connectivity index (χ2v) is 10.7. The molecule has 1 heterocycles. The van der Waals surface area contributed by atoms with Gasteiger partial charge in [-0.15, -0.1) is 10.2 Å². The van der Waals surface area contributed by atoms with Gasteiger partial charge in [0.05, 0.1) is 16.9 Å². The number of benzene rings is 2. The normalized spacial score (nSPS) is 12.2. The number of amides is 1. The number of carbonyl (C=O) groups excluding carboxylic acids is 1. The average Bonchev–Trinajstić information content (AvgIpc) is 3.19. The van der Waals surface area contributed by atoms with Gasteiger partial charge in [0.2, 0.25) is 21.1 Å². The smallest absolute Gasteiger partial charge is 0.271 e. The third kappa shape index (κ3) is 6.02. The Kier molecular flexibility index (Phi) is 7.43. The lowest BCUT2D eigenvalue weighted by molar-refractivity contribution is -0.384. The largest absolute Gasteiger partial charge is 0.299 e. The summed E-state index contributed by atoms with van der Waals surface area (Å²) in [4.78, 5) is 23.2. The van der Waals surface area contributed by atoms with Crippen LogP contribution in [0.1, 0.15) is 12.5 Å². The first-order valence-corrected chi connectivity index (χ1v) is 12.8. The number of nitrogens with zero attached hydrogens (tertiary/aromatic N) is 4. The van der Waals surface area contributed by atoms with Crippen molar-refractivity contribution in [2.45, 2.75) is 23.1 Å². The SMILES string of the molecule is C[C@H](C(=O)Nc1nnc(SCc2ccccc2)s1)N(c1cccc([N+](=O)[O-])c1)S(C)(=O)=O. The molecular weight excluding hydrogens is 474 g/mol. The fraction of sp³-hybridized carbons (Fsp3) is 0.211.